The number of imidazole rings is 1. The van der Waals surface area contributed by atoms with Crippen molar-refractivity contribution in [2.75, 3.05) is 11.9 Å². The number of nitrogens with one attached hydrogen (secondary N) is 3. The summed E-state index contributed by atoms with van der Waals surface area (Å²) in [5, 5.41) is 22.3. The molecule has 4 heterocycles. The Balaban J connectivity index is 1.04. The number of alkyl halides is 1. The van der Waals surface area contributed by atoms with Gasteiger partial charge in [-0.25, -0.2) is 19.2 Å². The standard InChI is InChI=1S/C23H23FN8O3/c24-18-16(35-22(33)29-23-4-11(5-23)6-23)10-34-19(18)15-3-17(31-30-15)28-21-26-8-14(12-1-2-12)20-27-13(7-25)9-32(20)21/h3,8-9,11-12,16,18-19H,1-2,4-6,10H2,(H,29,33)(H2,26,28,30,31)/t11?,16-,18-,19-,23?/m1/s1. The van der Waals surface area contributed by atoms with E-state index in [1.54, 1.807) is 22.9 Å². The number of rotatable bonds is 6. The molecule has 1 saturated heterocycles. The van der Waals surface area contributed by atoms with E-state index in [1.807, 2.05) is 0 Å². The molecule has 0 aromatic carbocycles. The summed E-state index contributed by atoms with van der Waals surface area (Å²) in [6.45, 7) is -0.0343. The molecule has 1 aliphatic heterocycles. The maximum atomic E-state index is 15.1. The van der Waals surface area contributed by atoms with Crippen LogP contribution in [0.5, 0.6) is 0 Å². The Morgan fingerprint density at radius 1 is 1.37 bits per heavy atom. The van der Waals surface area contributed by atoms with Crippen LogP contribution in [0.3, 0.4) is 0 Å². The fraction of sp³-hybridized carbons (Fsp3) is 0.522. The second-order valence-electron chi connectivity index (χ2n) is 10.1. The minimum Gasteiger partial charge on any atom is -0.441 e. The first-order valence-electron chi connectivity index (χ1n) is 11.9. The maximum Gasteiger partial charge on any atom is 0.408 e. The molecule has 4 aliphatic carbocycles. The number of hydrogen-bond donors (Lipinski definition) is 3. The molecule has 1 amide bonds. The zero-order valence-corrected chi connectivity index (χ0v) is 18.7. The van der Waals surface area contributed by atoms with E-state index in [0.29, 0.717) is 34.7 Å². The molecule has 3 aromatic heterocycles. The van der Waals surface area contributed by atoms with Crippen molar-refractivity contribution in [1.29, 1.82) is 5.26 Å². The number of alkyl carbamates (subject to hydrolysis) is 1. The Bertz CT molecular complexity index is 1360. The molecule has 11 nitrogen and oxygen atoms in total. The Kier molecular flexibility index (Phi) is 4.36. The smallest absolute Gasteiger partial charge is 0.408 e. The molecule has 2 bridgehead atoms. The number of H-pyrrole nitrogens is 1. The number of fused-ring (bicyclic) bond motifs is 1. The normalized spacial score (nSPS) is 30.9. The summed E-state index contributed by atoms with van der Waals surface area (Å²) in [6, 6.07) is 3.70. The van der Waals surface area contributed by atoms with Crippen molar-refractivity contribution < 1.29 is 18.7 Å². The van der Waals surface area contributed by atoms with Gasteiger partial charge < -0.3 is 20.1 Å². The van der Waals surface area contributed by atoms with Gasteiger partial charge in [0.2, 0.25) is 5.95 Å². The van der Waals surface area contributed by atoms with E-state index >= 15 is 4.39 Å². The molecule has 5 fully saturated rings. The van der Waals surface area contributed by atoms with E-state index < -0.39 is 24.5 Å². The fourth-order valence-corrected chi connectivity index (χ4v) is 5.44. The van der Waals surface area contributed by atoms with Crippen LogP contribution in [0.25, 0.3) is 5.65 Å². The quantitative estimate of drug-likeness (QED) is 0.491. The fourth-order valence-electron chi connectivity index (χ4n) is 5.44. The van der Waals surface area contributed by atoms with Crippen LogP contribution in [0.1, 0.15) is 61.1 Å². The SMILES string of the molecule is N#Cc1cn2c(Nc3cc([C@H]4OC[C@@H](OC(=O)NC56CC(C5)C6)[C@H]4F)[nH]n3)ncc(C3CC3)c2n1. The van der Waals surface area contributed by atoms with Gasteiger partial charge in [-0.05, 0) is 43.9 Å². The number of aromatic amines is 1. The van der Waals surface area contributed by atoms with Gasteiger partial charge >= 0.3 is 6.09 Å². The number of hydrogen-bond acceptors (Lipinski definition) is 8. The third-order valence-corrected chi connectivity index (χ3v) is 7.54. The number of anilines is 2. The van der Waals surface area contributed by atoms with Gasteiger partial charge in [0.1, 0.15) is 17.8 Å². The van der Waals surface area contributed by atoms with E-state index in [2.05, 4.69) is 36.9 Å². The Morgan fingerprint density at radius 3 is 2.91 bits per heavy atom. The van der Waals surface area contributed by atoms with Gasteiger partial charge in [-0.15, -0.1) is 0 Å². The van der Waals surface area contributed by atoms with E-state index in [-0.39, 0.29) is 12.1 Å². The number of nitrogens with zero attached hydrogens (tertiary/aromatic N) is 5. The lowest BCUT2D eigenvalue weighted by Crippen LogP contribution is -2.68. The summed E-state index contributed by atoms with van der Waals surface area (Å²) in [4.78, 5) is 21.1. The third-order valence-electron chi connectivity index (χ3n) is 7.54. The summed E-state index contributed by atoms with van der Waals surface area (Å²) < 4.78 is 27.8. The number of carbonyl (C=O) groups excluding carboxylic acids is 1. The highest BCUT2D eigenvalue weighted by Gasteiger charge is 2.58. The number of aromatic nitrogens is 5. The van der Waals surface area contributed by atoms with Crippen LogP contribution in [-0.2, 0) is 9.47 Å². The van der Waals surface area contributed by atoms with Gasteiger partial charge in [0.05, 0.1) is 18.5 Å². The Morgan fingerprint density at radius 2 is 2.20 bits per heavy atom. The Labute approximate surface area is 199 Å². The van der Waals surface area contributed by atoms with Crippen molar-refractivity contribution in [3.05, 3.63) is 35.4 Å². The first-order valence-corrected chi connectivity index (χ1v) is 11.9. The zero-order chi connectivity index (χ0) is 23.7. The largest absolute Gasteiger partial charge is 0.441 e. The number of amides is 1. The predicted molar refractivity (Wildman–Crippen MR) is 119 cm³/mol. The minimum absolute atomic E-state index is 0.0343. The van der Waals surface area contributed by atoms with E-state index in [1.165, 1.54) is 0 Å². The maximum absolute atomic E-state index is 15.1. The number of nitriles is 1. The van der Waals surface area contributed by atoms with Crippen LogP contribution in [0.15, 0.2) is 18.5 Å². The van der Waals surface area contributed by atoms with E-state index in [9.17, 15) is 10.1 Å². The van der Waals surface area contributed by atoms with Gasteiger partial charge in [-0.1, -0.05) is 0 Å². The average molecular weight is 478 g/mol. The van der Waals surface area contributed by atoms with Gasteiger partial charge in [0, 0.05) is 23.4 Å². The highest BCUT2D eigenvalue weighted by atomic mass is 19.1. The molecule has 5 aliphatic rings. The molecule has 12 heteroatoms. The summed E-state index contributed by atoms with van der Waals surface area (Å²) >= 11 is 0. The topological polar surface area (TPSA) is 142 Å². The van der Waals surface area contributed by atoms with Crippen molar-refractivity contribution >= 4 is 23.5 Å². The molecule has 0 radical (unpaired) electrons. The lowest BCUT2D eigenvalue weighted by Gasteiger charge is -2.61. The van der Waals surface area contributed by atoms with Gasteiger partial charge in [0.15, 0.2) is 23.8 Å². The number of ether oxygens (including phenoxy) is 2. The molecular formula is C23H23FN8O3. The number of carbonyl (C=O) groups is 1. The van der Waals surface area contributed by atoms with E-state index in [4.69, 9.17) is 9.47 Å². The third kappa shape index (κ3) is 3.41. The molecule has 4 saturated carbocycles. The predicted octanol–water partition coefficient (Wildman–Crippen LogP) is 3.00. The van der Waals surface area contributed by atoms with Crippen molar-refractivity contribution in [1.82, 2.24) is 29.9 Å². The van der Waals surface area contributed by atoms with Crippen LogP contribution in [0.4, 0.5) is 21.0 Å². The van der Waals surface area contributed by atoms with Crippen LogP contribution in [-0.4, -0.2) is 55.1 Å². The molecule has 3 aromatic rings. The van der Waals surface area contributed by atoms with Gasteiger partial charge in [-0.2, -0.15) is 10.4 Å². The zero-order valence-electron chi connectivity index (χ0n) is 18.7. The van der Waals surface area contributed by atoms with Crippen LogP contribution >= 0.6 is 0 Å². The number of halogens is 1. The van der Waals surface area contributed by atoms with Gasteiger partial charge in [0.25, 0.3) is 0 Å². The summed E-state index contributed by atoms with van der Waals surface area (Å²) in [5.74, 6) is 1.98. The molecule has 180 valence electrons. The molecule has 35 heavy (non-hydrogen) atoms. The first-order chi connectivity index (χ1) is 17.0. The molecule has 0 spiro atoms. The van der Waals surface area contributed by atoms with Crippen molar-refractivity contribution in [3.8, 4) is 6.07 Å². The molecule has 3 atom stereocenters. The van der Waals surface area contributed by atoms with Crippen molar-refractivity contribution in [3.63, 3.8) is 0 Å². The molecule has 8 rings (SSSR count). The van der Waals surface area contributed by atoms with Crippen molar-refractivity contribution in [2.24, 2.45) is 5.92 Å². The van der Waals surface area contributed by atoms with Crippen LogP contribution in [0, 0.1) is 17.2 Å². The lowest BCUT2D eigenvalue weighted by molar-refractivity contribution is -0.0528. The second kappa shape index (κ2) is 7.39. The average Bonchev–Trinajstić information content (AvgIpc) is 3.20. The lowest BCUT2D eigenvalue weighted by atomic mass is 9.50. The molecule has 0 unspecified atom stereocenters. The first kappa shape index (κ1) is 20.6. The Hall–Kier alpha value is -3.72. The summed E-state index contributed by atoms with van der Waals surface area (Å²) in [5.41, 5.74) is 2.30. The highest BCUT2D eigenvalue weighted by molar-refractivity contribution is 5.69. The minimum atomic E-state index is -1.53. The van der Waals surface area contributed by atoms with Crippen LogP contribution in [0.2, 0.25) is 0 Å². The van der Waals surface area contributed by atoms with Crippen molar-refractivity contribution in [2.45, 2.75) is 61.9 Å². The molecule has 3 N–H and O–H groups in total. The van der Waals surface area contributed by atoms with E-state index in [0.717, 1.165) is 43.6 Å². The molecular weight excluding hydrogens is 455 g/mol. The summed E-state index contributed by atoms with van der Waals surface area (Å²) in [6.07, 6.45) is 4.47. The summed E-state index contributed by atoms with van der Waals surface area (Å²) in [7, 11) is 0. The van der Waals surface area contributed by atoms with Gasteiger partial charge in [-0.3, -0.25) is 9.50 Å². The second-order valence-corrected chi connectivity index (χ2v) is 10.1. The monoisotopic (exact) mass is 478 g/mol. The van der Waals surface area contributed by atoms with Crippen LogP contribution < -0.4 is 10.6 Å². The highest BCUT2D eigenvalue weighted by Crippen LogP contribution is 2.57.